The minimum atomic E-state index is -0.565. The minimum Gasteiger partial charge on any atom is -0.398 e. The van der Waals surface area contributed by atoms with Crippen LogP contribution in [0.1, 0.15) is 87.0 Å². The third kappa shape index (κ3) is 3.27. The van der Waals surface area contributed by atoms with Gasteiger partial charge in [0.05, 0.1) is 28.5 Å². The van der Waals surface area contributed by atoms with Crippen molar-refractivity contribution in [1.29, 1.82) is 0 Å². The zero-order valence-electron chi connectivity index (χ0n) is 20.7. The van der Waals surface area contributed by atoms with Gasteiger partial charge in [0.25, 0.3) is 5.91 Å². The number of thiophene rings is 1. The Morgan fingerprint density at radius 1 is 1.15 bits per heavy atom. The van der Waals surface area contributed by atoms with Gasteiger partial charge in [-0.3, -0.25) is 4.79 Å². The van der Waals surface area contributed by atoms with E-state index in [1.165, 1.54) is 10.4 Å². The first-order chi connectivity index (χ1) is 16.0. The molecule has 0 aromatic carbocycles. The van der Waals surface area contributed by atoms with Crippen molar-refractivity contribution in [2.45, 2.75) is 83.5 Å². The van der Waals surface area contributed by atoms with Crippen LogP contribution in [0.25, 0.3) is 5.65 Å². The second kappa shape index (κ2) is 7.15. The monoisotopic (exact) mass is 478 g/mol. The Morgan fingerprint density at radius 3 is 2.53 bits per heavy atom. The summed E-state index contributed by atoms with van der Waals surface area (Å²) >= 11 is 1.78. The lowest BCUT2D eigenvalue weighted by molar-refractivity contribution is 0.00578. The van der Waals surface area contributed by atoms with E-state index in [0.29, 0.717) is 23.5 Å². The molecule has 3 aromatic heterocycles. The molecule has 1 atom stereocenters. The number of amides is 1. The number of hydrogen-bond acceptors (Lipinski definition) is 6. The minimum absolute atomic E-state index is 0.00346. The third-order valence-corrected chi connectivity index (χ3v) is 9.31. The van der Waals surface area contributed by atoms with Crippen molar-refractivity contribution in [3.8, 4) is 0 Å². The van der Waals surface area contributed by atoms with E-state index in [9.17, 15) is 4.79 Å². The molecule has 0 radical (unpaired) electrons. The molecule has 0 spiro atoms. The van der Waals surface area contributed by atoms with E-state index in [1.54, 1.807) is 11.3 Å². The highest BCUT2D eigenvalue weighted by molar-refractivity contribution is 7.10. The summed E-state index contributed by atoms with van der Waals surface area (Å²) in [6.45, 7) is 13.2. The average molecular weight is 478 g/mol. The Hall–Kier alpha value is -2.23. The second-order valence-corrected chi connectivity index (χ2v) is 12.2. The highest BCUT2D eigenvalue weighted by Crippen LogP contribution is 2.47. The van der Waals surface area contributed by atoms with Crippen LogP contribution in [0.2, 0.25) is 0 Å². The molecule has 3 aromatic rings. The van der Waals surface area contributed by atoms with E-state index in [2.05, 4.69) is 25.3 Å². The van der Waals surface area contributed by atoms with Crippen molar-refractivity contribution in [2.24, 2.45) is 0 Å². The van der Waals surface area contributed by atoms with E-state index >= 15 is 0 Å². The Balaban J connectivity index is 1.39. The first-order valence-corrected chi connectivity index (χ1v) is 13.0. The Morgan fingerprint density at radius 2 is 1.85 bits per heavy atom. The molecule has 7 nitrogen and oxygen atoms in total. The molecule has 1 unspecified atom stereocenters. The zero-order valence-corrected chi connectivity index (χ0v) is 21.5. The lowest BCUT2D eigenvalue weighted by Crippen LogP contribution is -2.41. The third-order valence-electron chi connectivity index (χ3n) is 8.32. The van der Waals surface area contributed by atoms with E-state index < -0.39 is 18.3 Å². The highest BCUT2D eigenvalue weighted by atomic mass is 32.1. The van der Waals surface area contributed by atoms with Gasteiger partial charge in [0.15, 0.2) is 5.65 Å². The van der Waals surface area contributed by atoms with Crippen LogP contribution >= 0.6 is 11.3 Å². The summed E-state index contributed by atoms with van der Waals surface area (Å²) in [5.41, 5.74) is 3.24. The molecular weight excluding hydrogens is 447 g/mol. The molecular formula is C25H31BN4O3S. The SMILES string of the molecule is CC1c2ccsc2CCN1C(=O)c1cc(C2(C)CC2)n2nc(B3OC(C)(C)C(C)(C)O3)cc2n1. The van der Waals surface area contributed by atoms with Gasteiger partial charge in [-0.15, -0.1) is 11.3 Å². The summed E-state index contributed by atoms with van der Waals surface area (Å²) in [6.07, 6.45) is 3.04. The summed E-state index contributed by atoms with van der Waals surface area (Å²) in [5.74, 6) is -0.0178. The van der Waals surface area contributed by atoms with Crippen LogP contribution in [-0.4, -0.2) is 50.3 Å². The van der Waals surface area contributed by atoms with Crippen LogP contribution in [-0.2, 0) is 21.1 Å². The van der Waals surface area contributed by atoms with Crippen LogP contribution < -0.4 is 5.59 Å². The molecule has 0 N–H and O–H groups in total. The lowest BCUT2D eigenvalue weighted by Gasteiger charge is -2.33. The number of hydrogen-bond donors (Lipinski definition) is 0. The predicted octanol–water partition coefficient (Wildman–Crippen LogP) is 3.90. The number of rotatable bonds is 3. The van der Waals surface area contributed by atoms with Crippen LogP contribution in [0.5, 0.6) is 0 Å². The number of nitrogens with zero attached hydrogens (tertiary/aromatic N) is 4. The predicted molar refractivity (Wildman–Crippen MR) is 133 cm³/mol. The van der Waals surface area contributed by atoms with Crippen molar-refractivity contribution in [3.05, 3.63) is 45.4 Å². The molecule has 178 valence electrons. The lowest BCUT2D eigenvalue weighted by atomic mass is 9.85. The smallest absolute Gasteiger partial charge is 0.398 e. The molecule has 1 aliphatic carbocycles. The number of fused-ring (bicyclic) bond motifs is 2. The number of carbonyl (C=O) groups excluding carboxylic acids is 1. The number of carbonyl (C=O) groups is 1. The summed E-state index contributed by atoms with van der Waals surface area (Å²) < 4.78 is 14.4. The van der Waals surface area contributed by atoms with Crippen LogP contribution in [0.15, 0.2) is 23.6 Å². The Bertz CT molecular complexity index is 1290. The van der Waals surface area contributed by atoms with Gasteiger partial charge in [-0.05, 0) is 77.0 Å². The van der Waals surface area contributed by atoms with Crippen molar-refractivity contribution in [2.75, 3.05) is 6.54 Å². The van der Waals surface area contributed by atoms with Crippen molar-refractivity contribution >= 4 is 35.6 Å². The summed E-state index contributed by atoms with van der Waals surface area (Å²) in [4.78, 5) is 21.8. The molecule has 0 bridgehead atoms. The molecule has 1 saturated heterocycles. The second-order valence-electron chi connectivity index (χ2n) is 11.2. The topological polar surface area (TPSA) is 69.0 Å². The molecule has 3 aliphatic rings. The highest BCUT2D eigenvalue weighted by Gasteiger charge is 2.53. The molecule has 9 heteroatoms. The Kier molecular flexibility index (Phi) is 4.68. The zero-order chi connectivity index (χ0) is 24.0. The molecule has 2 aliphatic heterocycles. The van der Waals surface area contributed by atoms with Crippen LogP contribution in [0.4, 0.5) is 0 Å². The fourth-order valence-electron chi connectivity index (χ4n) is 4.99. The molecule has 2 fully saturated rings. The summed E-state index contributed by atoms with van der Waals surface area (Å²) in [5, 5.41) is 6.98. The standard InChI is InChI=1S/C25H31BN4O3S/c1-15-16-8-12-34-18(16)7-11-29(15)22(31)17-13-19(25(6)9-10-25)30-21(27-17)14-20(28-30)26-32-23(2,3)24(4,5)33-26/h8,12-15H,7,9-11H2,1-6H3. The van der Waals surface area contributed by atoms with Crippen molar-refractivity contribution in [3.63, 3.8) is 0 Å². The van der Waals surface area contributed by atoms with Crippen molar-refractivity contribution in [1.82, 2.24) is 19.5 Å². The molecule has 5 heterocycles. The van der Waals surface area contributed by atoms with Crippen molar-refractivity contribution < 1.29 is 14.1 Å². The summed E-state index contributed by atoms with van der Waals surface area (Å²) in [6, 6.07) is 6.06. The van der Waals surface area contributed by atoms with Gasteiger partial charge in [0.2, 0.25) is 0 Å². The van der Waals surface area contributed by atoms with Crippen LogP contribution in [0, 0.1) is 0 Å². The van der Waals surface area contributed by atoms with E-state index in [-0.39, 0.29) is 17.4 Å². The van der Waals surface area contributed by atoms with Gasteiger partial charge in [-0.1, -0.05) is 6.92 Å². The van der Waals surface area contributed by atoms with Gasteiger partial charge in [0, 0.05) is 22.9 Å². The maximum atomic E-state index is 13.7. The van der Waals surface area contributed by atoms with E-state index in [4.69, 9.17) is 19.4 Å². The van der Waals surface area contributed by atoms with Gasteiger partial charge >= 0.3 is 7.12 Å². The first-order valence-electron chi connectivity index (χ1n) is 12.1. The molecule has 6 rings (SSSR count). The average Bonchev–Trinajstić information content (AvgIpc) is 3.14. The van der Waals surface area contributed by atoms with Gasteiger partial charge in [-0.25, -0.2) is 9.50 Å². The maximum Gasteiger partial charge on any atom is 0.516 e. The van der Waals surface area contributed by atoms with Gasteiger partial charge < -0.3 is 14.2 Å². The summed E-state index contributed by atoms with van der Waals surface area (Å²) in [7, 11) is -0.565. The maximum absolute atomic E-state index is 13.7. The van der Waals surface area contributed by atoms with Crippen LogP contribution in [0.3, 0.4) is 0 Å². The molecule has 1 saturated carbocycles. The first kappa shape index (κ1) is 22.3. The fourth-order valence-corrected chi connectivity index (χ4v) is 5.95. The van der Waals surface area contributed by atoms with Gasteiger partial charge in [-0.2, -0.15) is 5.10 Å². The number of aromatic nitrogens is 3. The molecule has 1 amide bonds. The molecule has 34 heavy (non-hydrogen) atoms. The largest absolute Gasteiger partial charge is 0.516 e. The quantitative estimate of drug-likeness (QED) is 0.535. The Labute approximate surface area is 204 Å². The normalized spacial score (nSPS) is 24.5. The van der Waals surface area contributed by atoms with E-state index in [0.717, 1.165) is 25.0 Å². The fraction of sp³-hybridized carbons (Fsp3) is 0.560. The van der Waals surface area contributed by atoms with E-state index in [1.807, 2.05) is 49.2 Å². The van der Waals surface area contributed by atoms with Gasteiger partial charge in [0.1, 0.15) is 5.69 Å².